The number of aryl methyl sites for hydroxylation is 1. The lowest BCUT2D eigenvalue weighted by Crippen LogP contribution is -2.14. The molecule has 2 aromatic rings. The van der Waals surface area contributed by atoms with Crippen LogP contribution in [0.1, 0.15) is 11.1 Å². The van der Waals surface area contributed by atoms with E-state index >= 15 is 0 Å². The van der Waals surface area contributed by atoms with Crippen LogP contribution in [0.2, 0.25) is 5.02 Å². The molecule has 1 aliphatic heterocycles. The molecule has 0 saturated carbocycles. The molecule has 6 heteroatoms. The van der Waals surface area contributed by atoms with Crippen molar-refractivity contribution in [2.24, 2.45) is 0 Å². The number of fused-ring (bicyclic) bond motifs is 1. The molecule has 23 heavy (non-hydrogen) atoms. The monoisotopic (exact) mass is 349 g/mol. The smallest absolute Gasteiger partial charge is 0.234 e. The first-order chi connectivity index (χ1) is 11.1. The molecule has 2 aromatic carbocycles. The maximum atomic E-state index is 12.0. The minimum absolute atomic E-state index is 0.0946. The van der Waals surface area contributed by atoms with Gasteiger partial charge in [0.2, 0.25) is 12.7 Å². The van der Waals surface area contributed by atoms with Gasteiger partial charge in [0.1, 0.15) is 0 Å². The number of carbonyl (C=O) groups excluding carboxylic acids is 1. The summed E-state index contributed by atoms with van der Waals surface area (Å²) in [6, 6.07) is 11.6. The summed E-state index contributed by atoms with van der Waals surface area (Å²) in [6.07, 6.45) is 0. The van der Waals surface area contributed by atoms with Gasteiger partial charge < -0.3 is 14.8 Å². The third-order valence-corrected chi connectivity index (χ3v) is 4.68. The molecule has 0 fully saturated rings. The lowest BCUT2D eigenvalue weighted by atomic mass is 10.2. The molecule has 0 bridgehead atoms. The van der Waals surface area contributed by atoms with E-state index in [1.807, 2.05) is 0 Å². The number of benzene rings is 2. The summed E-state index contributed by atoms with van der Waals surface area (Å²) in [6.45, 7) is 2.23. The van der Waals surface area contributed by atoms with Gasteiger partial charge in [-0.3, -0.25) is 4.79 Å². The number of ether oxygens (including phenoxy) is 2. The lowest BCUT2D eigenvalue weighted by Gasteiger charge is -2.08. The Bertz CT molecular complexity index is 719. The van der Waals surface area contributed by atoms with E-state index in [-0.39, 0.29) is 12.7 Å². The van der Waals surface area contributed by atoms with Gasteiger partial charge >= 0.3 is 0 Å². The van der Waals surface area contributed by atoms with Crippen LogP contribution in [0.15, 0.2) is 36.4 Å². The molecule has 1 aliphatic rings. The number of anilines is 1. The number of nitrogens with one attached hydrogen (secondary N) is 1. The predicted molar refractivity (Wildman–Crippen MR) is 93.5 cm³/mol. The fraction of sp³-hybridized carbons (Fsp3) is 0.235. The Hall–Kier alpha value is -1.85. The molecule has 1 amide bonds. The Morgan fingerprint density at radius 1 is 1.22 bits per heavy atom. The first-order valence-corrected chi connectivity index (χ1v) is 8.67. The van der Waals surface area contributed by atoms with Crippen molar-refractivity contribution in [1.82, 2.24) is 0 Å². The first-order valence-electron chi connectivity index (χ1n) is 7.14. The second kappa shape index (κ2) is 7.15. The van der Waals surface area contributed by atoms with Crippen molar-refractivity contribution in [3.63, 3.8) is 0 Å². The molecule has 120 valence electrons. The van der Waals surface area contributed by atoms with E-state index in [4.69, 9.17) is 21.1 Å². The summed E-state index contributed by atoms with van der Waals surface area (Å²) in [5.74, 6) is 2.25. The molecule has 0 spiro atoms. The van der Waals surface area contributed by atoms with E-state index in [9.17, 15) is 4.79 Å². The van der Waals surface area contributed by atoms with Crippen LogP contribution >= 0.6 is 23.4 Å². The van der Waals surface area contributed by atoms with E-state index in [1.54, 1.807) is 23.9 Å². The maximum Gasteiger partial charge on any atom is 0.234 e. The highest BCUT2D eigenvalue weighted by molar-refractivity contribution is 7.99. The van der Waals surface area contributed by atoms with Crippen LogP contribution in [0.5, 0.6) is 11.5 Å². The predicted octanol–water partition coefficient (Wildman–Crippen LogP) is 4.25. The van der Waals surface area contributed by atoms with Gasteiger partial charge in [-0.05, 0) is 12.5 Å². The second-order valence-electron chi connectivity index (χ2n) is 5.21. The SMILES string of the molecule is Cc1ccc(CSCC(=O)Nc2cc3c(cc2Cl)OCO3)cc1. The number of carbonyl (C=O) groups is 1. The quantitative estimate of drug-likeness (QED) is 0.876. The fourth-order valence-electron chi connectivity index (χ4n) is 2.15. The van der Waals surface area contributed by atoms with Crippen LogP contribution in [0, 0.1) is 6.92 Å². The molecule has 1 N–H and O–H groups in total. The molecule has 3 rings (SSSR count). The fourth-order valence-corrected chi connectivity index (χ4v) is 3.13. The van der Waals surface area contributed by atoms with Crippen molar-refractivity contribution in [3.8, 4) is 11.5 Å². The average molecular weight is 350 g/mol. The van der Waals surface area contributed by atoms with E-state index in [2.05, 4.69) is 36.5 Å². The molecule has 0 aliphatic carbocycles. The zero-order valence-corrected chi connectivity index (χ0v) is 14.2. The Morgan fingerprint density at radius 3 is 2.65 bits per heavy atom. The molecular formula is C17H16ClNO3S. The Kier molecular flexibility index (Phi) is 4.98. The van der Waals surface area contributed by atoms with E-state index in [0.717, 1.165) is 5.75 Å². The Labute approximate surface area is 144 Å². The van der Waals surface area contributed by atoms with Crippen LogP contribution in [-0.2, 0) is 10.5 Å². The molecule has 0 aromatic heterocycles. The molecule has 4 nitrogen and oxygen atoms in total. The first kappa shape index (κ1) is 16.0. The topological polar surface area (TPSA) is 47.6 Å². The van der Waals surface area contributed by atoms with Gasteiger partial charge in [-0.25, -0.2) is 0 Å². The van der Waals surface area contributed by atoms with Gasteiger partial charge in [-0.1, -0.05) is 41.4 Å². The molecular weight excluding hydrogens is 334 g/mol. The average Bonchev–Trinajstić information content (AvgIpc) is 2.97. The summed E-state index contributed by atoms with van der Waals surface area (Å²) >= 11 is 7.70. The summed E-state index contributed by atoms with van der Waals surface area (Å²) in [5, 5.41) is 3.24. The van der Waals surface area contributed by atoms with Gasteiger partial charge in [0.25, 0.3) is 0 Å². The number of rotatable bonds is 5. The lowest BCUT2D eigenvalue weighted by molar-refractivity contribution is -0.113. The van der Waals surface area contributed by atoms with Crippen molar-refractivity contribution in [1.29, 1.82) is 0 Å². The van der Waals surface area contributed by atoms with Crippen molar-refractivity contribution >= 4 is 35.0 Å². The van der Waals surface area contributed by atoms with Gasteiger partial charge in [0.15, 0.2) is 11.5 Å². The minimum atomic E-state index is -0.0946. The second-order valence-corrected chi connectivity index (χ2v) is 6.60. The third-order valence-electron chi connectivity index (χ3n) is 3.36. The maximum absolute atomic E-state index is 12.0. The van der Waals surface area contributed by atoms with E-state index in [0.29, 0.717) is 28.0 Å². The number of halogens is 1. The van der Waals surface area contributed by atoms with Crippen LogP contribution in [-0.4, -0.2) is 18.5 Å². The normalized spacial score (nSPS) is 12.3. The minimum Gasteiger partial charge on any atom is -0.454 e. The largest absolute Gasteiger partial charge is 0.454 e. The number of hydrogen-bond donors (Lipinski definition) is 1. The van der Waals surface area contributed by atoms with Crippen molar-refractivity contribution in [3.05, 3.63) is 52.5 Å². The highest BCUT2D eigenvalue weighted by atomic mass is 35.5. The standard InChI is InChI=1S/C17H16ClNO3S/c1-11-2-4-12(5-3-11)8-23-9-17(20)19-14-7-16-15(6-13(14)18)21-10-22-16/h2-7H,8-10H2,1H3,(H,19,20). The Morgan fingerprint density at radius 2 is 1.91 bits per heavy atom. The van der Waals surface area contributed by atoms with Gasteiger partial charge in [-0.15, -0.1) is 11.8 Å². The number of amides is 1. The molecule has 0 unspecified atom stereocenters. The van der Waals surface area contributed by atoms with Crippen molar-refractivity contribution in [2.75, 3.05) is 17.9 Å². The van der Waals surface area contributed by atoms with Gasteiger partial charge in [-0.2, -0.15) is 0 Å². The highest BCUT2D eigenvalue weighted by Gasteiger charge is 2.17. The summed E-state index contributed by atoms with van der Waals surface area (Å²) in [5.41, 5.74) is 2.97. The zero-order chi connectivity index (χ0) is 16.2. The molecule has 0 saturated heterocycles. The van der Waals surface area contributed by atoms with Crippen LogP contribution in [0.25, 0.3) is 0 Å². The number of hydrogen-bond acceptors (Lipinski definition) is 4. The van der Waals surface area contributed by atoms with Crippen molar-refractivity contribution in [2.45, 2.75) is 12.7 Å². The van der Waals surface area contributed by atoms with Crippen LogP contribution < -0.4 is 14.8 Å². The van der Waals surface area contributed by atoms with Crippen LogP contribution in [0.3, 0.4) is 0 Å². The third kappa shape index (κ3) is 4.12. The zero-order valence-electron chi connectivity index (χ0n) is 12.6. The summed E-state index contributed by atoms with van der Waals surface area (Å²) < 4.78 is 10.5. The van der Waals surface area contributed by atoms with E-state index in [1.165, 1.54) is 11.1 Å². The van der Waals surface area contributed by atoms with E-state index < -0.39 is 0 Å². The number of thioether (sulfide) groups is 1. The van der Waals surface area contributed by atoms with Crippen molar-refractivity contribution < 1.29 is 14.3 Å². The Balaban J connectivity index is 1.52. The summed E-state index contributed by atoms with van der Waals surface area (Å²) in [7, 11) is 0. The molecule has 0 atom stereocenters. The molecule has 1 heterocycles. The summed E-state index contributed by atoms with van der Waals surface area (Å²) in [4.78, 5) is 12.0. The molecule has 0 radical (unpaired) electrons. The van der Waals surface area contributed by atoms with Gasteiger partial charge in [0, 0.05) is 17.9 Å². The van der Waals surface area contributed by atoms with Gasteiger partial charge in [0.05, 0.1) is 16.5 Å². The highest BCUT2D eigenvalue weighted by Crippen LogP contribution is 2.39. The van der Waals surface area contributed by atoms with Crippen LogP contribution in [0.4, 0.5) is 5.69 Å².